The Morgan fingerprint density at radius 2 is 2.00 bits per heavy atom. The second kappa shape index (κ2) is 7.09. The van der Waals surface area contributed by atoms with Crippen molar-refractivity contribution in [3.63, 3.8) is 0 Å². The third kappa shape index (κ3) is 3.60. The number of ether oxygens (including phenoxy) is 1. The smallest absolute Gasteiger partial charge is 0.213 e. The molecule has 0 fully saturated rings. The number of rotatable bonds is 7. The molecule has 0 saturated heterocycles. The number of methoxy groups -OCH3 is 1. The van der Waals surface area contributed by atoms with Crippen LogP contribution >= 0.6 is 11.3 Å². The lowest BCUT2D eigenvalue weighted by molar-refractivity contribution is 0.398. The molecule has 5 nitrogen and oxygen atoms in total. The van der Waals surface area contributed by atoms with Crippen LogP contribution in [0.15, 0.2) is 24.5 Å². The maximum atomic E-state index is 5.03. The van der Waals surface area contributed by atoms with Crippen LogP contribution in [-0.2, 0) is 6.54 Å². The van der Waals surface area contributed by atoms with Gasteiger partial charge in [-0.1, -0.05) is 0 Å². The molecular weight excluding hydrogens is 272 g/mol. The molecule has 0 unspecified atom stereocenters. The number of hydrogen-bond acceptors (Lipinski definition) is 6. The standard InChI is InChI=1S/C14H20N4OS/c1-4-18(5-2)14-17-10-12(20-14)9-15-11-6-7-13(19-3)16-8-11/h6-8,10,15H,4-5,9H2,1-3H3. The predicted octanol–water partition coefficient (Wildman–Crippen LogP) is 3.01. The second-order valence-electron chi connectivity index (χ2n) is 4.22. The van der Waals surface area contributed by atoms with Gasteiger partial charge in [0.05, 0.1) is 25.5 Å². The quantitative estimate of drug-likeness (QED) is 0.850. The molecular formula is C14H20N4OS. The average Bonchev–Trinajstić information content (AvgIpc) is 2.96. The Kier molecular flexibility index (Phi) is 5.17. The van der Waals surface area contributed by atoms with Gasteiger partial charge in [-0.2, -0.15) is 0 Å². The first kappa shape index (κ1) is 14.6. The number of hydrogen-bond donors (Lipinski definition) is 1. The Labute approximate surface area is 123 Å². The highest BCUT2D eigenvalue weighted by atomic mass is 32.1. The minimum Gasteiger partial charge on any atom is -0.481 e. The van der Waals surface area contributed by atoms with Crippen LogP contribution in [0.5, 0.6) is 5.88 Å². The monoisotopic (exact) mass is 292 g/mol. The molecule has 0 saturated carbocycles. The summed E-state index contributed by atoms with van der Waals surface area (Å²) in [4.78, 5) is 12.1. The maximum absolute atomic E-state index is 5.03. The van der Waals surface area contributed by atoms with E-state index in [4.69, 9.17) is 4.74 Å². The molecule has 2 aromatic heterocycles. The molecule has 0 radical (unpaired) electrons. The molecule has 0 aliphatic heterocycles. The van der Waals surface area contributed by atoms with Crippen molar-refractivity contribution in [3.05, 3.63) is 29.4 Å². The largest absolute Gasteiger partial charge is 0.481 e. The van der Waals surface area contributed by atoms with Gasteiger partial charge in [-0.25, -0.2) is 9.97 Å². The fourth-order valence-electron chi connectivity index (χ4n) is 1.81. The molecule has 6 heteroatoms. The van der Waals surface area contributed by atoms with Crippen molar-refractivity contribution in [2.75, 3.05) is 30.4 Å². The molecule has 0 aromatic carbocycles. The zero-order chi connectivity index (χ0) is 14.4. The van der Waals surface area contributed by atoms with Gasteiger partial charge in [0.2, 0.25) is 5.88 Å². The Morgan fingerprint density at radius 1 is 1.20 bits per heavy atom. The fourth-order valence-corrected chi connectivity index (χ4v) is 2.79. The van der Waals surface area contributed by atoms with Gasteiger partial charge in [0.1, 0.15) is 0 Å². The number of anilines is 2. The summed E-state index contributed by atoms with van der Waals surface area (Å²) in [5.74, 6) is 0.622. The number of pyridine rings is 1. The van der Waals surface area contributed by atoms with E-state index in [1.165, 1.54) is 4.88 Å². The molecule has 0 aliphatic rings. The van der Waals surface area contributed by atoms with Gasteiger partial charge in [0, 0.05) is 30.2 Å². The van der Waals surface area contributed by atoms with Gasteiger partial charge in [0.25, 0.3) is 0 Å². The normalized spacial score (nSPS) is 10.3. The van der Waals surface area contributed by atoms with E-state index in [0.717, 1.165) is 30.5 Å². The van der Waals surface area contributed by atoms with E-state index in [1.54, 1.807) is 24.6 Å². The maximum Gasteiger partial charge on any atom is 0.213 e. The topological polar surface area (TPSA) is 50.3 Å². The van der Waals surface area contributed by atoms with Crippen molar-refractivity contribution in [1.29, 1.82) is 0 Å². The molecule has 2 heterocycles. The molecule has 0 spiro atoms. The van der Waals surface area contributed by atoms with Crippen molar-refractivity contribution in [2.24, 2.45) is 0 Å². The molecule has 0 aliphatic carbocycles. The highest BCUT2D eigenvalue weighted by Gasteiger charge is 2.07. The van der Waals surface area contributed by atoms with E-state index >= 15 is 0 Å². The third-order valence-electron chi connectivity index (χ3n) is 2.99. The highest BCUT2D eigenvalue weighted by molar-refractivity contribution is 7.15. The van der Waals surface area contributed by atoms with Crippen LogP contribution in [0.25, 0.3) is 0 Å². The molecule has 108 valence electrons. The van der Waals surface area contributed by atoms with Crippen molar-refractivity contribution in [3.8, 4) is 5.88 Å². The first-order valence-corrected chi connectivity index (χ1v) is 7.52. The van der Waals surface area contributed by atoms with Crippen LogP contribution in [0.3, 0.4) is 0 Å². The number of nitrogens with one attached hydrogen (secondary N) is 1. The third-order valence-corrected chi connectivity index (χ3v) is 4.05. The van der Waals surface area contributed by atoms with Gasteiger partial charge < -0.3 is 15.0 Å². The highest BCUT2D eigenvalue weighted by Crippen LogP contribution is 2.23. The zero-order valence-corrected chi connectivity index (χ0v) is 12.9. The van der Waals surface area contributed by atoms with E-state index in [9.17, 15) is 0 Å². The first-order valence-electron chi connectivity index (χ1n) is 6.70. The lowest BCUT2D eigenvalue weighted by Gasteiger charge is -2.16. The molecule has 0 amide bonds. The summed E-state index contributed by atoms with van der Waals surface area (Å²) < 4.78 is 5.03. The molecule has 0 bridgehead atoms. The van der Waals surface area contributed by atoms with Crippen LogP contribution in [0.1, 0.15) is 18.7 Å². The molecule has 1 N–H and O–H groups in total. The van der Waals surface area contributed by atoms with Crippen LogP contribution in [0.2, 0.25) is 0 Å². The number of thiazole rings is 1. The van der Waals surface area contributed by atoms with Crippen molar-refractivity contribution < 1.29 is 4.74 Å². The molecule has 20 heavy (non-hydrogen) atoms. The Hall–Kier alpha value is -1.82. The predicted molar refractivity (Wildman–Crippen MR) is 83.8 cm³/mol. The molecule has 0 atom stereocenters. The van der Waals surface area contributed by atoms with Crippen LogP contribution < -0.4 is 15.0 Å². The van der Waals surface area contributed by atoms with Gasteiger partial charge >= 0.3 is 0 Å². The summed E-state index contributed by atoms with van der Waals surface area (Å²) in [7, 11) is 1.61. The number of aromatic nitrogens is 2. The van der Waals surface area contributed by atoms with Crippen molar-refractivity contribution in [1.82, 2.24) is 9.97 Å². The first-order chi connectivity index (χ1) is 9.76. The van der Waals surface area contributed by atoms with Crippen LogP contribution in [-0.4, -0.2) is 30.2 Å². The van der Waals surface area contributed by atoms with Crippen LogP contribution in [0.4, 0.5) is 10.8 Å². The van der Waals surface area contributed by atoms with Crippen molar-refractivity contribution in [2.45, 2.75) is 20.4 Å². The van der Waals surface area contributed by atoms with Gasteiger partial charge in [-0.15, -0.1) is 11.3 Å². The van der Waals surface area contributed by atoms with Gasteiger partial charge in [-0.05, 0) is 19.9 Å². The lowest BCUT2D eigenvalue weighted by Crippen LogP contribution is -2.21. The number of nitrogens with zero attached hydrogens (tertiary/aromatic N) is 3. The summed E-state index contributed by atoms with van der Waals surface area (Å²) in [6, 6.07) is 3.80. The van der Waals surface area contributed by atoms with Gasteiger partial charge in [0.15, 0.2) is 5.13 Å². The summed E-state index contributed by atoms with van der Waals surface area (Å²) in [5.41, 5.74) is 0.976. The zero-order valence-electron chi connectivity index (χ0n) is 12.1. The minimum atomic E-state index is 0.622. The van der Waals surface area contributed by atoms with E-state index < -0.39 is 0 Å². The Morgan fingerprint density at radius 3 is 2.60 bits per heavy atom. The minimum absolute atomic E-state index is 0.622. The second-order valence-corrected chi connectivity index (χ2v) is 5.32. The fraction of sp³-hybridized carbons (Fsp3) is 0.429. The summed E-state index contributed by atoms with van der Waals surface area (Å²) in [6.45, 7) is 7.02. The molecule has 2 rings (SSSR count). The van der Waals surface area contributed by atoms with E-state index in [-0.39, 0.29) is 0 Å². The van der Waals surface area contributed by atoms with E-state index in [2.05, 4.69) is 34.0 Å². The Balaban J connectivity index is 1.93. The Bertz CT molecular complexity index is 522. The average molecular weight is 292 g/mol. The van der Waals surface area contributed by atoms with Crippen LogP contribution in [0, 0.1) is 0 Å². The summed E-state index contributed by atoms with van der Waals surface area (Å²) in [5, 5.41) is 4.42. The van der Waals surface area contributed by atoms with Crippen molar-refractivity contribution >= 4 is 22.2 Å². The lowest BCUT2D eigenvalue weighted by atomic mass is 10.4. The SMILES string of the molecule is CCN(CC)c1ncc(CNc2ccc(OC)nc2)s1. The summed E-state index contributed by atoms with van der Waals surface area (Å²) in [6.07, 6.45) is 3.70. The van der Waals surface area contributed by atoms with Gasteiger partial charge in [-0.3, -0.25) is 0 Å². The summed E-state index contributed by atoms with van der Waals surface area (Å²) >= 11 is 1.72. The van der Waals surface area contributed by atoms with E-state index in [1.807, 2.05) is 18.3 Å². The van der Waals surface area contributed by atoms with E-state index in [0.29, 0.717) is 5.88 Å². The molecule has 2 aromatic rings.